The summed E-state index contributed by atoms with van der Waals surface area (Å²) in [5.41, 5.74) is 11.0. The molecule has 2 aromatic heterocycles. The molecule has 1 fully saturated rings. The van der Waals surface area contributed by atoms with Crippen molar-refractivity contribution in [3.8, 4) is 11.4 Å². The van der Waals surface area contributed by atoms with Crippen molar-refractivity contribution in [1.29, 1.82) is 0 Å². The lowest BCUT2D eigenvalue weighted by atomic mass is 10.0. The van der Waals surface area contributed by atoms with Gasteiger partial charge in [-0.15, -0.1) is 0 Å². The standard InChI is InChI=1S/C28H35FN6/c1-18(2)35-14-11-20(12-15-35)34(3)13-5-6-19-9-10-23-25(16-19)33-28(32-23)21-17-31-24-8-4-7-22(29)26(24)27(21)30/h4,7-10,16-18,20H,5-6,11-15H2,1-3H3,(H2,30,31)(H,32,33). The Hall–Kier alpha value is -3.03. The van der Waals surface area contributed by atoms with E-state index in [9.17, 15) is 4.39 Å². The van der Waals surface area contributed by atoms with E-state index < -0.39 is 0 Å². The third kappa shape index (κ3) is 4.88. The fraction of sp³-hybridized carbons (Fsp3) is 0.429. The van der Waals surface area contributed by atoms with E-state index in [0.717, 1.165) is 30.4 Å². The smallest absolute Gasteiger partial charge is 0.142 e. The molecule has 35 heavy (non-hydrogen) atoms. The molecular formula is C28H35FN6. The van der Waals surface area contributed by atoms with Gasteiger partial charge < -0.3 is 20.5 Å². The minimum absolute atomic E-state index is 0.338. The van der Waals surface area contributed by atoms with E-state index in [2.05, 4.69) is 52.8 Å². The first-order valence-corrected chi connectivity index (χ1v) is 12.7. The zero-order valence-electron chi connectivity index (χ0n) is 20.9. The molecule has 0 radical (unpaired) electrons. The number of imidazole rings is 1. The number of halogens is 1. The van der Waals surface area contributed by atoms with Crippen LogP contribution in [0, 0.1) is 5.82 Å². The zero-order valence-corrected chi connectivity index (χ0v) is 20.9. The number of hydrogen-bond donors (Lipinski definition) is 2. The molecule has 0 aliphatic carbocycles. The fourth-order valence-electron chi connectivity index (χ4n) is 5.31. The van der Waals surface area contributed by atoms with Crippen LogP contribution in [0.3, 0.4) is 0 Å². The van der Waals surface area contributed by atoms with Crippen LogP contribution in [0.25, 0.3) is 33.3 Å². The lowest BCUT2D eigenvalue weighted by Crippen LogP contribution is -2.45. The number of anilines is 1. The number of piperidine rings is 1. The summed E-state index contributed by atoms with van der Waals surface area (Å²) in [4.78, 5) is 17.6. The fourth-order valence-corrected chi connectivity index (χ4v) is 5.31. The first kappa shape index (κ1) is 23.7. The van der Waals surface area contributed by atoms with Gasteiger partial charge in [0.05, 0.1) is 33.2 Å². The Kier molecular flexibility index (Phi) is 6.71. The van der Waals surface area contributed by atoms with Gasteiger partial charge in [-0.05, 0) is 96.0 Å². The summed E-state index contributed by atoms with van der Waals surface area (Å²) in [6.07, 6.45) is 6.32. The zero-order chi connectivity index (χ0) is 24.5. The molecule has 0 amide bonds. The van der Waals surface area contributed by atoms with E-state index in [1.807, 2.05) is 6.07 Å². The summed E-state index contributed by atoms with van der Waals surface area (Å²) in [6, 6.07) is 12.5. The van der Waals surface area contributed by atoms with Gasteiger partial charge in [0.2, 0.25) is 0 Å². The summed E-state index contributed by atoms with van der Waals surface area (Å²) in [7, 11) is 2.27. The van der Waals surface area contributed by atoms with E-state index in [0.29, 0.717) is 40.1 Å². The molecule has 0 spiro atoms. The minimum atomic E-state index is -0.372. The van der Waals surface area contributed by atoms with Crippen LogP contribution in [0.2, 0.25) is 0 Å². The third-order valence-corrected chi connectivity index (χ3v) is 7.51. The van der Waals surface area contributed by atoms with Crippen molar-refractivity contribution in [3.05, 3.63) is 54.0 Å². The second-order valence-electron chi connectivity index (χ2n) is 10.1. The Morgan fingerprint density at radius 1 is 1.17 bits per heavy atom. The maximum atomic E-state index is 14.4. The van der Waals surface area contributed by atoms with Crippen LogP contribution in [0.4, 0.5) is 10.1 Å². The Morgan fingerprint density at radius 3 is 2.74 bits per heavy atom. The Bertz CT molecular complexity index is 1320. The lowest BCUT2D eigenvalue weighted by Gasteiger charge is -2.38. The largest absolute Gasteiger partial charge is 0.397 e. The van der Waals surface area contributed by atoms with Gasteiger partial charge in [0.15, 0.2) is 0 Å². The summed E-state index contributed by atoms with van der Waals surface area (Å²) in [6.45, 7) is 8.09. The van der Waals surface area contributed by atoms with Crippen molar-refractivity contribution in [1.82, 2.24) is 24.8 Å². The summed E-state index contributed by atoms with van der Waals surface area (Å²) < 4.78 is 14.4. The van der Waals surface area contributed by atoms with E-state index in [1.165, 1.54) is 37.6 Å². The average Bonchev–Trinajstić information content (AvgIpc) is 3.27. The molecular weight excluding hydrogens is 439 g/mol. The summed E-state index contributed by atoms with van der Waals surface area (Å²) >= 11 is 0. The van der Waals surface area contributed by atoms with Gasteiger partial charge in [-0.25, -0.2) is 9.37 Å². The van der Waals surface area contributed by atoms with Gasteiger partial charge in [-0.3, -0.25) is 4.98 Å². The molecule has 3 heterocycles. The Morgan fingerprint density at radius 2 is 1.97 bits per heavy atom. The molecule has 0 saturated carbocycles. The number of hydrogen-bond acceptors (Lipinski definition) is 5. The second kappa shape index (κ2) is 9.91. The molecule has 4 aromatic rings. The number of H-pyrrole nitrogens is 1. The minimum Gasteiger partial charge on any atom is -0.397 e. The third-order valence-electron chi connectivity index (χ3n) is 7.51. The highest BCUT2D eigenvalue weighted by molar-refractivity contribution is 5.98. The van der Waals surface area contributed by atoms with Crippen molar-refractivity contribution >= 4 is 27.6 Å². The van der Waals surface area contributed by atoms with Gasteiger partial charge in [-0.2, -0.15) is 0 Å². The van der Waals surface area contributed by atoms with Crippen molar-refractivity contribution in [2.24, 2.45) is 0 Å². The van der Waals surface area contributed by atoms with Crippen LogP contribution in [0.5, 0.6) is 0 Å². The molecule has 1 aliphatic heterocycles. The van der Waals surface area contributed by atoms with Crippen molar-refractivity contribution in [2.45, 2.75) is 51.6 Å². The molecule has 0 bridgehead atoms. The summed E-state index contributed by atoms with van der Waals surface area (Å²) in [5, 5.41) is 0.338. The van der Waals surface area contributed by atoms with Gasteiger partial charge >= 0.3 is 0 Å². The average molecular weight is 475 g/mol. The molecule has 6 nitrogen and oxygen atoms in total. The molecule has 7 heteroatoms. The highest BCUT2D eigenvalue weighted by Crippen LogP contribution is 2.32. The number of aryl methyl sites for hydroxylation is 1. The molecule has 5 rings (SSSR count). The quantitative estimate of drug-likeness (QED) is 0.383. The maximum absolute atomic E-state index is 14.4. The number of pyridine rings is 1. The lowest BCUT2D eigenvalue weighted by molar-refractivity contribution is 0.107. The monoisotopic (exact) mass is 474 g/mol. The summed E-state index contributed by atoms with van der Waals surface area (Å²) in [5.74, 6) is 0.239. The van der Waals surface area contributed by atoms with Crippen molar-refractivity contribution in [2.75, 3.05) is 32.4 Å². The highest BCUT2D eigenvalue weighted by atomic mass is 19.1. The topological polar surface area (TPSA) is 74.1 Å². The highest BCUT2D eigenvalue weighted by Gasteiger charge is 2.23. The normalized spacial score (nSPS) is 15.7. The number of fused-ring (bicyclic) bond motifs is 2. The molecule has 2 aromatic carbocycles. The van der Waals surface area contributed by atoms with Crippen LogP contribution in [0.1, 0.15) is 38.7 Å². The number of nitrogens with one attached hydrogen (secondary N) is 1. The van der Waals surface area contributed by atoms with Gasteiger partial charge in [0, 0.05) is 18.3 Å². The van der Waals surface area contributed by atoms with Crippen LogP contribution >= 0.6 is 0 Å². The van der Waals surface area contributed by atoms with E-state index in [1.54, 1.807) is 18.3 Å². The second-order valence-corrected chi connectivity index (χ2v) is 10.1. The molecule has 1 aliphatic rings. The SMILES string of the molecule is CC(C)N1CCC(N(C)CCCc2ccc3nc(-c4cnc5cccc(F)c5c4N)[nH]c3c2)CC1. The molecule has 1 saturated heterocycles. The van der Waals surface area contributed by atoms with Crippen molar-refractivity contribution in [3.63, 3.8) is 0 Å². The van der Waals surface area contributed by atoms with Crippen LogP contribution in [0.15, 0.2) is 42.6 Å². The molecule has 3 N–H and O–H groups in total. The van der Waals surface area contributed by atoms with Gasteiger partial charge in [-0.1, -0.05) is 12.1 Å². The van der Waals surface area contributed by atoms with Crippen LogP contribution in [-0.2, 0) is 6.42 Å². The number of rotatable bonds is 7. The molecule has 0 unspecified atom stereocenters. The van der Waals surface area contributed by atoms with Crippen molar-refractivity contribution < 1.29 is 4.39 Å². The number of likely N-dealkylation sites (tertiary alicyclic amines) is 1. The molecule has 0 atom stereocenters. The number of aromatic nitrogens is 3. The number of benzene rings is 2. The molecule has 184 valence electrons. The number of nitrogens with two attached hydrogens (primary N) is 1. The van der Waals surface area contributed by atoms with E-state index >= 15 is 0 Å². The number of nitrogen functional groups attached to an aromatic ring is 1. The Balaban J connectivity index is 1.25. The first-order chi connectivity index (χ1) is 16.9. The first-order valence-electron chi connectivity index (χ1n) is 12.7. The maximum Gasteiger partial charge on any atom is 0.142 e. The predicted octanol–water partition coefficient (Wildman–Crippen LogP) is 5.24. The number of aromatic amines is 1. The van der Waals surface area contributed by atoms with Gasteiger partial charge in [0.25, 0.3) is 0 Å². The van der Waals surface area contributed by atoms with Crippen LogP contribution in [-0.4, -0.2) is 63.5 Å². The van der Waals surface area contributed by atoms with E-state index in [4.69, 9.17) is 10.7 Å². The Labute approximate surface area is 206 Å². The van der Waals surface area contributed by atoms with E-state index in [-0.39, 0.29) is 5.82 Å². The predicted molar refractivity (Wildman–Crippen MR) is 142 cm³/mol. The number of nitrogens with zero attached hydrogens (tertiary/aromatic N) is 4. The van der Waals surface area contributed by atoms with Gasteiger partial charge in [0.1, 0.15) is 11.6 Å². The van der Waals surface area contributed by atoms with Crippen LogP contribution < -0.4 is 5.73 Å².